The number of hydrogen-bond acceptors (Lipinski definition) is 3. The normalized spacial score (nSPS) is 22.6. The molecule has 0 radical (unpaired) electrons. The standard InChI is InChI=1S/C14H27N3O/c1-3-9-16(4-2)10-11-17-12-15-14(13(17)18)7-5-6-8-14/h15H,3-12H2,1-2H3. The largest absolute Gasteiger partial charge is 0.327 e. The Labute approximate surface area is 111 Å². The molecule has 1 heterocycles. The third-order valence-corrected chi connectivity index (χ3v) is 4.44. The molecule has 1 aliphatic carbocycles. The maximum atomic E-state index is 12.4. The quantitative estimate of drug-likeness (QED) is 0.777. The van der Waals surface area contributed by atoms with Crippen LogP contribution in [0.2, 0.25) is 0 Å². The van der Waals surface area contributed by atoms with Crippen LogP contribution in [0, 0.1) is 0 Å². The fourth-order valence-electron chi connectivity index (χ4n) is 3.25. The van der Waals surface area contributed by atoms with Gasteiger partial charge in [0.15, 0.2) is 0 Å². The maximum Gasteiger partial charge on any atom is 0.244 e. The lowest BCUT2D eigenvalue weighted by atomic mass is 9.98. The topological polar surface area (TPSA) is 35.6 Å². The van der Waals surface area contributed by atoms with Gasteiger partial charge in [0.1, 0.15) is 0 Å². The second-order valence-corrected chi connectivity index (χ2v) is 5.63. The van der Waals surface area contributed by atoms with Gasteiger partial charge in [0.2, 0.25) is 5.91 Å². The van der Waals surface area contributed by atoms with Crippen LogP contribution in [0.3, 0.4) is 0 Å². The van der Waals surface area contributed by atoms with Crippen LogP contribution in [0.4, 0.5) is 0 Å². The van der Waals surface area contributed by atoms with E-state index < -0.39 is 0 Å². The van der Waals surface area contributed by atoms with Crippen LogP contribution < -0.4 is 5.32 Å². The highest BCUT2D eigenvalue weighted by atomic mass is 16.2. The van der Waals surface area contributed by atoms with E-state index in [1.165, 1.54) is 19.3 Å². The molecular weight excluding hydrogens is 226 g/mol. The lowest BCUT2D eigenvalue weighted by molar-refractivity contribution is -0.132. The smallest absolute Gasteiger partial charge is 0.244 e. The molecule has 0 bridgehead atoms. The van der Waals surface area contributed by atoms with E-state index in [-0.39, 0.29) is 5.54 Å². The molecule has 1 N–H and O–H groups in total. The van der Waals surface area contributed by atoms with Crippen molar-refractivity contribution in [3.8, 4) is 0 Å². The Morgan fingerprint density at radius 1 is 1.28 bits per heavy atom. The molecule has 1 aliphatic heterocycles. The maximum absolute atomic E-state index is 12.4. The van der Waals surface area contributed by atoms with Crippen molar-refractivity contribution in [1.29, 1.82) is 0 Å². The van der Waals surface area contributed by atoms with Crippen molar-refractivity contribution in [3.63, 3.8) is 0 Å². The van der Waals surface area contributed by atoms with Crippen LogP contribution in [-0.4, -0.2) is 54.1 Å². The average Bonchev–Trinajstić information content (AvgIpc) is 2.97. The summed E-state index contributed by atoms with van der Waals surface area (Å²) in [4.78, 5) is 16.9. The molecule has 2 fully saturated rings. The van der Waals surface area contributed by atoms with Gasteiger partial charge < -0.3 is 9.80 Å². The fraction of sp³-hybridized carbons (Fsp3) is 0.929. The van der Waals surface area contributed by atoms with Gasteiger partial charge in [0.05, 0.1) is 12.2 Å². The van der Waals surface area contributed by atoms with Crippen molar-refractivity contribution in [2.45, 2.75) is 51.5 Å². The average molecular weight is 253 g/mol. The van der Waals surface area contributed by atoms with Crippen LogP contribution in [0.25, 0.3) is 0 Å². The van der Waals surface area contributed by atoms with Gasteiger partial charge in [-0.1, -0.05) is 26.7 Å². The third kappa shape index (κ3) is 2.69. The first-order valence-corrected chi connectivity index (χ1v) is 7.48. The molecule has 18 heavy (non-hydrogen) atoms. The van der Waals surface area contributed by atoms with Gasteiger partial charge in [0.25, 0.3) is 0 Å². The zero-order valence-electron chi connectivity index (χ0n) is 11.9. The summed E-state index contributed by atoms with van der Waals surface area (Å²) in [5.74, 6) is 0.354. The molecule has 2 rings (SSSR count). The zero-order chi connectivity index (χ0) is 13.0. The van der Waals surface area contributed by atoms with Gasteiger partial charge in [-0.05, 0) is 32.4 Å². The minimum atomic E-state index is -0.179. The molecular formula is C14H27N3O. The van der Waals surface area contributed by atoms with Crippen molar-refractivity contribution in [2.75, 3.05) is 32.8 Å². The number of likely N-dealkylation sites (N-methyl/N-ethyl adjacent to an activating group) is 1. The van der Waals surface area contributed by atoms with Gasteiger partial charge in [-0.3, -0.25) is 10.1 Å². The van der Waals surface area contributed by atoms with Crippen molar-refractivity contribution < 1.29 is 4.79 Å². The molecule has 1 spiro atoms. The summed E-state index contributed by atoms with van der Waals surface area (Å²) in [6.07, 6.45) is 5.65. The lowest BCUT2D eigenvalue weighted by Gasteiger charge is -2.25. The highest BCUT2D eigenvalue weighted by molar-refractivity contribution is 5.88. The van der Waals surface area contributed by atoms with E-state index >= 15 is 0 Å². The Morgan fingerprint density at radius 3 is 2.61 bits per heavy atom. The first-order chi connectivity index (χ1) is 8.72. The number of carbonyl (C=O) groups excluding carboxylic acids is 1. The zero-order valence-corrected chi connectivity index (χ0v) is 11.9. The van der Waals surface area contributed by atoms with Crippen LogP contribution in [0.5, 0.6) is 0 Å². The molecule has 0 atom stereocenters. The summed E-state index contributed by atoms with van der Waals surface area (Å²) in [6, 6.07) is 0. The number of nitrogens with zero attached hydrogens (tertiary/aromatic N) is 2. The predicted octanol–water partition coefficient (Wildman–Crippen LogP) is 1.42. The Bertz CT molecular complexity index is 287. The van der Waals surface area contributed by atoms with Crippen LogP contribution >= 0.6 is 0 Å². The Kier molecular flexibility index (Phi) is 4.62. The van der Waals surface area contributed by atoms with E-state index in [1.54, 1.807) is 0 Å². The molecule has 4 nitrogen and oxygen atoms in total. The molecule has 2 aliphatic rings. The second-order valence-electron chi connectivity index (χ2n) is 5.63. The van der Waals surface area contributed by atoms with E-state index in [2.05, 4.69) is 24.1 Å². The van der Waals surface area contributed by atoms with Gasteiger partial charge in [-0.2, -0.15) is 0 Å². The highest BCUT2D eigenvalue weighted by Crippen LogP contribution is 2.34. The van der Waals surface area contributed by atoms with Gasteiger partial charge >= 0.3 is 0 Å². The second kappa shape index (κ2) is 6.02. The van der Waals surface area contributed by atoms with Crippen molar-refractivity contribution in [1.82, 2.24) is 15.1 Å². The molecule has 0 aromatic heterocycles. The molecule has 1 amide bonds. The Balaban J connectivity index is 1.82. The number of carbonyl (C=O) groups is 1. The minimum Gasteiger partial charge on any atom is -0.327 e. The SMILES string of the molecule is CCCN(CC)CCN1CNC2(CCCC2)C1=O. The third-order valence-electron chi connectivity index (χ3n) is 4.44. The molecule has 1 saturated heterocycles. The molecule has 0 unspecified atom stereocenters. The summed E-state index contributed by atoms with van der Waals surface area (Å²) in [5.41, 5.74) is -0.179. The van der Waals surface area contributed by atoms with E-state index in [9.17, 15) is 4.79 Å². The van der Waals surface area contributed by atoms with E-state index in [0.29, 0.717) is 5.91 Å². The Morgan fingerprint density at radius 2 is 2.00 bits per heavy atom. The van der Waals surface area contributed by atoms with E-state index in [4.69, 9.17) is 0 Å². The minimum absolute atomic E-state index is 0.179. The summed E-state index contributed by atoms with van der Waals surface area (Å²) < 4.78 is 0. The number of rotatable bonds is 6. The van der Waals surface area contributed by atoms with Crippen molar-refractivity contribution >= 4 is 5.91 Å². The first kappa shape index (κ1) is 13.8. The van der Waals surface area contributed by atoms with Gasteiger partial charge in [-0.25, -0.2) is 0 Å². The predicted molar refractivity (Wildman–Crippen MR) is 73.3 cm³/mol. The Hall–Kier alpha value is -0.610. The highest BCUT2D eigenvalue weighted by Gasteiger charge is 2.47. The van der Waals surface area contributed by atoms with Crippen molar-refractivity contribution in [3.05, 3.63) is 0 Å². The summed E-state index contributed by atoms with van der Waals surface area (Å²) in [6.45, 7) is 9.25. The summed E-state index contributed by atoms with van der Waals surface area (Å²) >= 11 is 0. The monoisotopic (exact) mass is 253 g/mol. The van der Waals surface area contributed by atoms with Crippen molar-refractivity contribution in [2.24, 2.45) is 0 Å². The lowest BCUT2D eigenvalue weighted by Crippen LogP contribution is -2.44. The first-order valence-electron chi connectivity index (χ1n) is 7.48. The molecule has 0 aromatic carbocycles. The van der Waals surface area contributed by atoms with Gasteiger partial charge in [0, 0.05) is 13.1 Å². The molecule has 4 heteroatoms. The van der Waals surface area contributed by atoms with Crippen LogP contribution in [0.15, 0.2) is 0 Å². The molecule has 104 valence electrons. The summed E-state index contributed by atoms with van der Waals surface area (Å²) in [5, 5.41) is 3.46. The van der Waals surface area contributed by atoms with Gasteiger partial charge in [-0.15, -0.1) is 0 Å². The van der Waals surface area contributed by atoms with Crippen LogP contribution in [0.1, 0.15) is 46.0 Å². The number of amides is 1. The van der Waals surface area contributed by atoms with Crippen LogP contribution in [-0.2, 0) is 4.79 Å². The summed E-state index contributed by atoms with van der Waals surface area (Å²) in [7, 11) is 0. The number of hydrogen-bond donors (Lipinski definition) is 1. The molecule has 1 saturated carbocycles. The number of nitrogens with one attached hydrogen (secondary N) is 1. The fourth-order valence-corrected chi connectivity index (χ4v) is 3.25. The molecule has 0 aromatic rings. The van der Waals surface area contributed by atoms with E-state index in [1.807, 2.05) is 4.90 Å². The van der Waals surface area contributed by atoms with E-state index in [0.717, 1.165) is 45.7 Å².